The summed E-state index contributed by atoms with van der Waals surface area (Å²) in [6, 6.07) is 15.8. The van der Waals surface area contributed by atoms with Crippen LogP contribution in [0.5, 0.6) is 0 Å². The molecule has 1 fully saturated rings. The predicted octanol–water partition coefficient (Wildman–Crippen LogP) is 4.84. The van der Waals surface area contributed by atoms with E-state index in [0.29, 0.717) is 19.3 Å². The molecule has 2 amide bonds. The van der Waals surface area contributed by atoms with E-state index in [1.807, 2.05) is 38.1 Å². The third-order valence-corrected chi connectivity index (χ3v) is 7.38. The van der Waals surface area contributed by atoms with Crippen molar-refractivity contribution >= 4 is 18.0 Å². The van der Waals surface area contributed by atoms with Crippen molar-refractivity contribution in [1.82, 2.24) is 10.6 Å². The van der Waals surface area contributed by atoms with Crippen molar-refractivity contribution in [3.8, 4) is 11.1 Å². The number of hydrogen-bond acceptors (Lipinski definition) is 4. The van der Waals surface area contributed by atoms with Gasteiger partial charge in [0.25, 0.3) is 0 Å². The largest absolute Gasteiger partial charge is 0.480 e. The van der Waals surface area contributed by atoms with Gasteiger partial charge in [-0.25, -0.2) is 9.59 Å². The van der Waals surface area contributed by atoms with E-state index in [1.54, 1.807) is 0 Å². The summed E-state index contributed by atoms with van der Waals surface area (Å²) in [6.45, 7) is 4.08. The zero-order valence-corrected chi connectivity index (χ0v) is 20.4. The molecule has 0 heterocycles. The number of aliphatic carboxylic acids is 1. The second-order valence-electron chi connectivity index (χ2n) is 9.92. The number of fused-ring (bicyclic) bond motifs is 3. The van der Waals surface area contributed by atoms with Gasteiger partial charge in [-0.05, 0) is 47.4 Å². The first-order valence-corrected chi connectivity index (χ1v) is 12.5. The molecule has 1 saturated carbocycles. The Balaban J connectivity index is 1.34. The first-order chi connectivity index (χ1) is 16.8. The van der Waals surface area contributed by atoms with E-state index in [1.165, 1.54) is 0 Å². The van der Waals surface area contributed by atoms with Crippen molar-refractivity contribution in [1.29, 1.82) is 0 Å². The summed E-state index contributed by atoms with van der Waals surface area (Å²) in [5.41, 5.74) is 3.35. The Morgan fingerprint density at radius 1 is 1.09 bits per heavy atom. The molecule has 7 heteroatoms. The van der Waals surface area contributed by atoms with Gasteiger partial charge in [-0.15, -0.1) is 0 Å². The van der Waals surface area contributed by atoms with E-state index in [2.05, 4.69) is 34.9 Å². The summed E-state index contributed by atoms with van der Waals surface area (Å²) in [6.07, 6.45) is 2.53. The Morgan fingerprint density at radius 2 is 1.71 bits per heavy atom. The highest BCUT2D eigenvalue weighted by atomic mass is 16.5. The molecule has 3 atom stereocenters. The summed E-state index contributed by atoms with van der Waals surface area (Å²) in [4.78, 5) is 37.3. The number of rotatable bonds is 8. The second-order valence-corrected chi connectivity index (χ2v) is 9.92. The number of hydrogen-bond donors (Lipinski definition) is 3. The van der Waals surface area contributed by atoms with Gasteiger partial charge in [-0.1, -0.05) is 75.2 Å². The number of carbonyl (C=O) groups is 3. The van der Waals surface area contributed by atoms with Crippen LogP contribution in [0, 0.1) is 5.92 Å². The van der Waals surface area contributed by atoms with Gasteiger partial charge in [-0.2, -0.15) is 0 Å². The number of amides is 2. The van der Waals surface area contributed by atoms with E-state index < -0.39 is 23.6 Å². The fraction of sp³-hybridized carbons (Fsp3) is 0.464. The van der Waals surface area contributed by atoms with Gasteiger partial charge in [0.1, 0.15) is 12.1 Å². The van der Waals surface area contributed by atoms with E-state index in [4.69, 9.17) is 4.74 Å². The number of benzene rings is 2. The van der Waals surface area contributed by atoms with Gasteiger partial charge < -0.3 is 20.5 Å². The van der Waals surface area contributed by atoms with Crippen molar-refractivity contribution in [2.45, 2.75) is 69.9 Å². The van der Waals surface area contributed by atoms with Crippen LogP contribution in [-0.2, 0) is 14.3 Å². The Hall–Kier alpha value is -3.35. The van der Waals surface area contributed by atoms with Crippen LogP contribution in [0.15, 0.2) is 48.5 Å². The molecule has 2 aliphatic carbocycles. The summed E-state index contributed by atoms with van der Waals surface area (Å²) in [7, 11) is 0. The minimum absolute atomic E-state index is 0.00407. The van der Waals surface area contributed by atoms with Crippen molar-refractivity contribution in [2.24, 2.45) is 5.92 Å². The SMILES string of the molecule is CCC(CC(=O)NC1(C(=O)O)CCCC(C)C1)NC(=O)OCC1c2ccccc2-c2ccccc21. The average molecular weight is 479 g/mol. The van der Waals surface area contributed by atoms with Gasteiger partial charge >= 0.3 is 12.1 Å². The Morgan fingerprint density at radius 3 is 2.29 bits per heavy atom. The monoisotopic (exact) mass is 478 g/mol. The highest BCUT2D eigenvalue weighted by Crippen LogP contribution is 2.44. The maximum Gasteiger partial charge on any atom is 0.407 e. The minimum Gasteiger partial charge on any atom is -0.480 e. The molecule has 0 aromatic heterocycles. The maximum absolute atomic E-state index is 12.8. The number of nitrogens with one attached hydrogen (secondary N) is 2. The Bertz CT molecular complexity index is 1050. The van der Waals surface area contributed by atoms with Crippen LogP contribution < -0.4 is 10.6 Å². The molecule has 2 aromatic carbocycles. The molecule has 2 aromatic rings. The molecule has 2 aliphatic rings. The highest BCUT2D eigenvalue weighted by Gasteiger charge is 2.43. The van der Waals surface area contributed by atoms with Crippen molar-refractivity contribution < 1.29 is 24.2 Å². The van der Waals surface area contributed by atoms with Crippen LogP contribution in [0.2, 0.25) is 0 Å². The van der Waals surface area contributed by atoms with Gasteiger partial charge in [0.2, 0.25) is 5.91 Å². The molecule has 7 nitrogen and oxygen atoms in total. The predicted molar refractivity (Wildman–Crippen MR) is 133 cm³/mol. The van der Waals surface area contributed by atoms with E-state index >= 15 is 0 Å². The van der Waals surface area contributed by atoms with E-state index in [-0.39, 0.29) is 30.8 Å². The van der Waals surface area contributed by atoms with Gasteiger partial charge in [0, 0.05) is 18.4 Å². The Kier molecular flexibility index (Phi) is 7.43. The maximum atomic E-state index is 12.8. The summed E-state index contributed by atoms with van der Waals surface area (Å²) in [5.74, 6) is -1.16. The molecule has 0 bridgehead atoms. The summed E-state index contributed by atoms with van der Waals surface area (Å²) >= 11 is 0. The lowest BCUT2D eigenvalue weighted by Crippen LogP contribution is -2.57. The molecule has 3 unspecified atom stereocenters. The zero-order valence-electron chi connectivity index (χ0n) is 20.4. The number of carboxylic acids is 1. The third-order valence-electron chi connectivity index (χ3n) is 7.38. The Labute approximate surface area is 206 Å². The molecule has 0 aliphatic heterocycles. The average Bonchev–Trinajstić information content (AvgIpc) is 3.16. The van der Waals surface area contributed by atoms with E-state index in [9.17, 15) is 19.5 Å². The van der Waals surface area contributed by atoms with Crippen LogP contribution in [0.4, 0.5) is 4.79 Å². The molecule has 3 N–H and O–H groups in total. The third kappa shape index (κ3) is 5.34. The van der Waals surface area contributed by atoms with Crippen LogP contribution in [0.3, 0.4) is 0 Å². The van der Waals surface area contributed by atoms with E-state index in [0.717, 1.165) is 35.1 Å². The van der Waals surface area contributed by atoms with Crippen LogP contribution >= 0.6 is 0 Å². The normalized spacial score (nSPS) is 21.9. The van der Waals surface area contributed by atoms with Crippen molar-refractivity contribution in [2.75, 3.05) is 6.61 Å². The first kappa shape index (κ1) is 24.8. The smallest absolute Gasteiger partial charge is 0.407 e. The van der Waals surface area contributed by atoms with Crippen molar-refractivity contribution in [3.05, 3.63) is 59.7 Å². The molecular weight excluding hydrogens is 444 g/mol. The molecule has 0 spiro atoms. The molecular formula is C28H34N2O5. The highest BCUT2D eigenvalue weighted by molar-refractivity contribution is 5.87. The van der Waals surface area contributed by atoms with Crippen LogP contribution in [0.1, 0.15) is 69.4 Å². The molecule has 186 valence electrons. The van der Waals surface area contributed by atoms with Gasteiger partial charge in [-0.3, -0.25) is 4.79 Å². The fourth-order valence-electron chi connectivity index (χ4n) is 5.56. The standard InChI is InChI=1S/C28H34N2O5/c1-3-19(15-25(31)30-28(26(32)33)14-8-9-18(2)16-28)29-27(34)35-17-24-22-12-6-4-10-20(22)21-11-5-7-13-23(21)24/h4-7,10-13,18-19,24H,3,8-9,14-17H2,1-2H3,(H,29,34)(H,30,31)(H,32,33). The molecule has 35 heavy (non-hydrogen) atoms. The lowest BCUT2D eigenvalue weighted by molar-refractivity contribution is -0.150. The quantitative estimate of drug-likeness (QED) is 0.503. The van der Waals surface area contributed by atoms with Crippen LogP contribution in [-0.4, -0.2) is 41.3 Å². The molecule has 4 rings (SSSR count). The molecule has 0 saturated heterocycles. The number of carboxylic acid groups (broad SMARTS) is 1. The number of carbonyl (C=O) groups excluding carboxylic acids is 2. The summed E-state index contributed by atoms with van der Waals surface area (Å²) in [5, 5.41) is 15.4. The second kappa shape index (κ2) is 10.5. The first-order valence-electron chi connectivity index (χ1n) is 12.5. The molecule has 0 radical (unpaired) electrons. The lowest BCUT2D eigenvalue weighted by atomic mass is 9.76. The lowest BCUT2D eigenvalue weighted by Gasteiger charge is -2.37. The fourth-order valence-corrected chi connectivity index (χ4v) is 5.56. The summed E-state index contributed by atoms with van der Waals surface area (Å²) < 4.78 is 5.60. The number of alkyl carbamates (subject to hydrolysis) is 1. The zero-order chi connectivity index (χ0) is 25.0. The van der Waals surface area contributed by atoms with Gasteiger partial charge in [0.05, 0.1) is 0 Å². The van der Waals surface area contributed by atoms with Crippen molar-refractivity contribution in [3.63, 3.8) is 0 Å². The minimum atomic E-state index is -1.23. The van der Waals surface area contributed by atoms with Gasteiger partial charge in [0.15, 0.2) is 0 Å². The van der Waals surface area contributed by atoms with Crippen LogP contribution in [0.25, 0.3) is 11.1 Å². The topological polar surface area (TPSA) is 105 Å². The number of ether oxygens (including phenoxy) is 1.